The van der Waals surface area contributed by atoms with Crippen molar-refractivity contribution < 1.29 is 4.42 Å². The monoisotopic (exact) mass is 905 g/mol. The minimum absolute atomic E-state index is 0.578. The first-order chi connectivity index (χ1) is 35.2. The second-order valence-electron chi connectivity index (χ2n) is 18.3. The second-order valence-corrected chi connectivity index (χ2v) is 18.3. The first-order valence-electron chi connectivity index (χ1n) is 24.0. The van der Waals surface area contributed by atoms with Crippen LogP contribution < -0.4 is 0 Å². The predicted molar refractivity (Wildman–Crippen MR) is 293 cm³/mol. The van der Waals surface area contributed by atoms with Crippen molar-refractivity contribution in [2.75, 3.05) is 0 Å². The molecule has 0 aliphatic rings. The maximum absolute atomic E-state index is 6.84. The predicted octanol–water partition coefficient (Wildman–Crippen LogP) is 16.9. The van der Waals surface area contributed by atoms with Crippen molar-refractivity contribution in [1.82, 2.24) is 24.1 Å². The van der Waals surface area contributed by atoms with Crippen LogP contribution in [0.2, 0.25) is 0 Å². The summed E-state index contributed by atoms with van der Waals surface area (Å²) < 4.78 is 11.6. The third kappa shape index (κ3) is 6.11. The van der Waals surface area contributed by atoms with E-state index in [9.17, 15) is 0 Å². The van der Waals surface area contributed by atoms with Gasteiger partial charge in [0.2, 0.25) is 0 Å². The number of fused-ring (bicyclic) bond motifs is 12. The molecule has 71 heavy (non-hydrogen) atoms. The molecule has 330 valence electrons. The van der Waals surface area contributed by atoms with E-state index < -0.39 is 0 Å². The van der Waals surface area contributed by atoms with E-state index in [-0.39, 0.29) is 0 Å². The van der Waals surface area contributed by atoms with Gasteiger partial charge >= 0.3 is 0 Å². The summed E-state index contributed by atoms with van der Waals surface area (Å²) in [6, 6.07) is 83.9. The quantitative estimate of drug-likeness (QED) is 0.167. The number of hydrogen-bond donors (Lipinski definition) is 0. The van der Waals surface area contributed by atoms with Gasteiger partial charge in [-0.1, -0.05) is 164 Å². The van der Waals surface area contributed by atoms with E-state index in [1.54, 1.807) is 0 Å². The van der Waals surface area contributed by atoms with Crippen LogP contribution in [0, 0.1) is 0 Å². The highest BCUT2D eigenvalue weighted by molar-refractivity contribution is 6.20. The fourth-order valence-corrected chi connectivity index (χ4v) is 11.1. The lowest BCUT2D eigenvalue weighted by Crippen LogP contribution is -2.02. The van der Waals surface area contributed by atoms with Crippen molar-refractivity contribution >= 4 is 87.1 Å². The van der Waals surface area contributed by atoms with Crippen molar-refractivity contribution in [3.8, 4) is 56.7 Å². The van der Waals surface area contributed by atoms with Crippen molar-refractivity contribution in [3.05, 3.63) is 237 Å². The van der Waals surface area contributed by atoms with Gasteiger partial charge < -0.3 is 13.6 Å². The van der Waals surface area contributed by atoms with Crippen molar-refractivity contribution in [1.29, 1.82) is 0 Å². The van der Waals surface area contributed by atoms with E-state index >= 15 is 0 Å². The number of rotatable bonds is 6. The van der Waals surface area contributed by atoms with Crippen LogP contribution in [-0.2, 0) is 0 Å². The van der Waals surface area contributed by atoms with E-state index in [0.717, 1.165) is 99.4 Å². The summed E-state index contributed by atoms with van der Waals surface area (Å²) in [6.07, 6.45) is 0. The van der Waals surface area contributed by atoms with E-state index in [1.807, 2.05) is 18.2 Å². The topological polar surface area (TPSA) is 61.7 Å². The van der Waals surface area contributed by atoms with Gasteiger partial charge in [-0.15, -0.1) is 0 Å². The van der Waals surface area contributed by atoms with Gasteiger partial charge in [-0.3, -0.25) is 0 Å². The van der Waals surface area contributed by atoms with Crippen molar-refractivity contribution in [3.63, 3.8) is 0 Å². The number of benzene rings is 11. The van der Waals surface area contributed by atoms with Gasteiger partial charge in [0.05, 0.1) is 27.8 Å². The summed E-state index contributed by atoms with van der Waals surface area (Å²) in [4.78, 5) is 15.9. The number of nitrogens with zero attached hydrogens (tertiary/aromatic N) is 5. The summed E-state index contributed by atoms with van der Waals surface area (Å²) in [5.74, 6) is 1.77. The average Bonchev–Trinajstić information content (AvgIpc) is 4.10. The molecule has 15 aromatic rings. The molecule has 0 saturated heterocycles. The maximum Gasteiger partial charge on any atom is 0.164 e. The molecule has 15 rings (SSSR count). The first kappa shape index (κ1) is 39.4. The first-order valence-corrected chi connectivity index (χ1v) is 24.0. The van der Waals surface area contributed by atoms with Gasteiger partial charge in [-0.25, -0.2) is 15.0 Å². The molecule has 4 heterocycles. The zero-order chi connectivity index (χ0) is 46.6. The SMILES string of the molecule is c1ccc(-c2nc(-c3ccc(-n4c5ccccc5c5cc6ccccc6cc54)c(-c4cccc5oc6c7ccccc7ccc6c45)c3)nc(-c3ccc4c5ccccc5n(-c5ccccc5)c4c3)n2)cc1. The van der Waals surface area contributed by atoms with Crippen LogP contribution in [0.5, 0.6) is 0 Å². The van der Waals surface area contributed by atoms with Crippen LogP contribution in [0.1, 0.15) is 0 Å². The lowest BCUT2D eigenvalue weighted by atomic mass is 9.95. The van der Waals surface area contributed by atoms with Gasteiger partial charge in [-0.2, -0.15) is 0 Å². The summed E-state index contributed by atoms with van der Waals surface area (Å²) in [6.45, 7) is 0. The van der Waals surface area contributed by atoms with Crippen LogP contribution in [0.25, 0.3) is 144 Å². The zero-order valence-electron chi connectivity index (χ0n) is 38.2. The molecule has 0 atom stereocenters. The molecule has 6 heteroatoms. The van der Waals surface area contributed by atoms with Crippen LogP contribution in [0.4, 0.5) is 0 Å². The van der Waals surface area contributed by atoms with Crippen LogP contribution in [-0.4, -0.2) is 24.1 Å². The molecule has 0 bridgehead atoms. The Balaban J connectivity index is 1.01. The number of para-hydroxylation sites is 3. The minimum Gasteiger partial charge on any atom is -0.455 e. The Morgan fingerprint density at radius 1 is 0.310 bits per heavy atom. The number of furan rings is 1. The smallest absolute Gasteiger partial charge is 0.164 e. The molecule has 0 spiro atoms. The molecule has 4 aromatic heterocycles. The molecule has 0 amide bonds. The second kappa shape index (κ2) is 15.4. The lowest BCUT2D eigenvalue weighted by Gasteiger charge is -2.17. The standard InChI is InChI=1S/C65H39N5O/c1-3-17-41(18-4-1)63-66-64(68-65(67-63)45-31-33-50-48-24-11-13-27-55(48)69(58(50)39-45)46-21-5-2-6-22-46)44-32-35-57(70-56-28-14-12-25-49(56)53-36-42-19-7-8-20-43(42)38-59(53)70)54(37-44)51-26-15-29-60-61(51)52-34-30-40-16-9-10-23-47(40)62(52)71-60/h1-39H. The summed E-state index contributed by atoms with van der Waals surface area (Å²) >= 11 is 0. The Kier molecular flexibility index (Phi) is 8.56. The third-order valence-electron chi connectivity index (χ3n) is 14.3. The molecule has 0 aliphatic carbocycles. The van der Waals surface area contributed by atoms with E-state index in [1.165, 1.54) is 26.9 Å². The Morgan fingerprint density at radius 3 is 1.65 bits per heavy atom. The molecule has 0 radical (unpaired) electrons. The van der Waals surface area contributed by atoms with E-state index in [4.69, 9.17) is 19.4 Å². The average molecular weight is 906 g/mol. The largest absolute Gasteiger partial charge is 0.455 e. The highest BCUT2D eigenvalue weighted by atomic mass is 16.3. The molecule has 0 unspecified atom stereocenters. The summed E-state index contributed by atoms with van der Waals surface area (Å²) in [5, 5.41) is 11.5. The molecule has 0 fully saturated rings. The molecule has 0 aliphatic heterocycles. The molecule has 0 N–H and O–H groups in total. The Morgan fingerprint density at radius 2 is 0.873 bits per heavy atom. The van der Waals surface area contributed by atoms with Gasteiger partial charge in [0.15, 0.2) is 17.5 Å². The fourth-order valence-electron chi connectivity index (χ4n) is 11.1. The Hall–Kier alpha value is -9.65. The maximum atomic E-state index is 6.84. The highest BCUT2D eigenvalue weighted by Gasteiger charge is 2.23. The van der Waals surface area contributed by atoms with Gasteiger partial charge in [0.25, 0.3) is 0 Å². The van der Waals surface area contributed by atoms with E-state index in [0.29, 0.717) is 17.5 Å². The molecule has 11 aromatic carbocycles. The molecule has 6 nitrogen and oxygen atoms in total. The lowest BCUT2D eigenvalue weighted by molar-refractivity contribution is 0.673. The van der Waals surface area contributed by atoms with Gasteiger partial charge in [0.1, 0.15) is 11.2 Å². The van der Waals surface area contributed by atoms with Gasteiger partial charge in [0, 0.05) is 65.6 Å². The van der Waals surface area contributed by atoms with Crippen LogP contribution >= 0.6 is 0 Å². The fraction of sp³-hybridized carbons (Fsp3) is 0. The summed E-state index contributed by atoms with van der Waals surface area (Å²) in [7, 11) is 0. The zero-order valence-corrected chi connectivity index (χ0v) is 38.2. The Labute approximate surface area is 407 Å². The number of hydrogen-bond acceptors (Lipinski definition) is 4. The van der Waals surface area contributed by atoms with Crippen molar-refractivity contribution in [2.24, 2.45) is 0 Å². The van der Waals surface area contributed by atoms with Crippen LogP contribution in [0.15, 0.2) is 241 Å². The van der Waals surface area contributed by atoms with E-state index in [2.05, 4.69) is 228 Å². The van der Waals surface area contributed by atoms with Crippen LogP contribution in [0.3, 0.4) is 0 Å². The third-order valence-corrected chi connectivity index (χ3v) is 14.3. The normalized spacial score (nSPS) is 11.9. The number of aromatic nitrogens is 5. The van der Waals surface area contributed by atoms with Gasteiger partial charge in [-0.05, 0) is 94.5 Å². The minimum atomic E-state index is 0.578. The highest BCUT2D eigenvalue weighted by Crippen LogP contribution is 2.45. The summed E-state index contributed by atoms with van der Waals surface area (Å²) in [5.41, 5.74) is 13.1. The van der Waals surface area contributed by atoms with Crippen molar-refractivity contribution in [2.45, 2.75) is 0 Å². The molecular formula is C65H39N5O. The molecular weight excluding hydrogens is 867 g/mol. The Bertz CT molecular complexity index is 4640. The molecule has 0 saturated carbocycles.